The van der Waals surface area contributed by atoms with Crippen LogP contribution in [0.25, 0.3) is 0 Å². The molecule has 0 atom stereocenters. The molecule has 2 rings (SSSR count). The number of halogens is 2. The molecular formula is C15H12Cl2O3. The van der Waals surface area contributed by atoms with Crippen molar-refractivity contribution in [1.82, 2.24) is 0 Å². The van der Waals surface area contributed by atoms with Gasteiger partial charge in [-0.05, 0) is 35.9 Å². The van der Waals surface area contributed by atoms with Crippen molar-refractivity contribution in [3.63, 3.8) is 0 Å². The summed E-state index contributed by atoms with van der Waals surface area (Å²) >= 11 is 11.9. The molecule has 1 N–H and O–H groups in total. The van der Waals surface area contributed by atoms with Gasteiger partial charge in [-0.2, -0.15) is 0 Å². The Morgan fingerprint density at radius 1 is 1.15 bits per heavy atom. The van der Waals surface area contributed by atoms with Gasteiger partial charge in [0.25, 0.3) is 0 Å². The number of carboxylic acids is 1. The maximum absolute atomic E-state index is 10.7. The molecule has 0 aliphatic heterocycles. The summed E-state index contributed by atoms with van der Waals surface area (Å²) in [5, 5.41) is 9.93. The van der Waals surface area contributed by atoms with Crippen LogP contribution in [0.5, 0.6) is 5.75 Å². The Bertz CT molecular complexity index is 626. The normalized spacial score (nSPS) is 10.3. The van der Waals surface area contributed by atoms with E-state index in [0.717, 1.165) is 5.56 Å². The lowest BCUT2D eigenvalue weighted by Crippen LogP contribution is -2.01. The monoisotopic (exact) mass is 310 g/mol. The van der Waals surface area contributed by atoms with Crippen molar-refractivity contribution < 1.29 is 14.6 Å². The van der Waals surface area contributed by atoms with E-state index in [1.165, 1.54) is 0 Å². The summed E-state index contributed by atoms with van der Waals surface area (Å²) in [6, 6.07) is 12.1. The molecule has 0 radical (unpaired) electrons. The molecule has 0 heterocycles. The molecule has 2 aromatic carbocycles. The smallest absolute Gasteiger partial charge is 0.307 e. The highest BCUT2D eigenvalue weighted by molar-refractivity contribution is 6.33. The molecule has 0 bridgehead atoms. The van der Waals surface area contributed by atoms with Gasteiger partial charge in [-0.15, -0.1) is 0 Å². The molecule has 0 unspecified atom stereocenters. The van der Waals surface area contributed by atoms with Crippen LogP contribution in [0, 0.1) is 0 Å². The van der Waals surface area contributed by atoms with E-state index in [1.807, 2.05) is 0 Å². The fraction of sp³-hybridized carbons (Fsp3) is 0.133. The third kappa shape index (κ3) is 4.15. The van der Waals surface area contributed by atoms with E-state index in [-0.39, 0.29) is 13.0 Å². The van der Waals surface area contributed by atoms with Gasteiger partial charge in [0.05, 0.1) is 6.42 Å². The van der Waals surface area contributed by atoms with E-state index in [9.17, 15) is 4.79 Å². The van der Waals surface area contributed by atoms with Gasteiger partial charge in [-0.3, -0.25) is 4.79 Å². The van der Waals surface area contributed by atoms with Crippen LogP contribution in [0.3, 0.4) is 0 Å². The van der Waals surface area contributed by atoms with Crippen LogP contribution >= 0.6 is 23.2 Å². The minimum absolute atomic E-state index is 0.0326. The predicted octanol–water partition coefficient (Wildman–Crippen LogP) is 4.20. The standard InChI is InChI=1S/C15H12Cl2O3/c16-12-4-5-14(17)11(8-12)9-20-13-3-1-2-10(6-13)7-15(18)19/h1-6,8H,7,9H2,(H,18,19). The molecule has 0 saturated heterocycles. The molecular weight excluding hydrogens is 299 g/mol. The van der Waals surface area contributed by atoms with Gasteiger partial charge in [-0.1, -0.05) is 35.3 Å². The number of benzene rings is 2. The Hall–Kier alpha value is -1.71. The van der Waals surface area contributed by atoms with Crippen LogP contribution in [0.1, 0.15) is 11.1 Å². The maximum Gasteiger partial charge on any atom is 0.307 e. The summed E-state index contributed by atoms with van der Waals surface area (Å²) in [7, 11) is 0. The minimum atomic E-state index is -0.875. The molecule has 0 amide bonds. The average Bonchev–Trinajstić information content (AvgIpc) is 2.39. The summed E-state index contributed by atoms with van der Waals surface area (Å²) in [6.45, 7) is 0.274. The van der Waals surface area contributed by atoms with Crippen molar-refractivity contribution in [3.05, 3.63) is 63.6 Å². The summed E-state index contributed by atoms with van der Waals surface area (Å²) in [5.41, 5.74) is 1.47. The SMILES string of the molecule is O=C(O)Cc1cccc(OCc2cc(Cl)ccc2Cl)c1. The van der Waals surface area contributed by atoms with Crippen molar-refractivity contribution in [2.45, 2.75) is 13.0 Å². The first-order valence-electron chi connectivity index (χ1n) is 5.92. The van der Waals surface area contributed by atoms with Gasteiger partial charge in [0.2, 0.25) is 0 Å². The topological polar surface area (TPSA) is 46.5 Å². The van der Waals surface area contributed by atoms with Gasteiger partial charge in [0, 0.05) is 15.6 Å². The second-order valence-corrected chi connectivity index (χ2v) is 5.09. The van der Waals surface area contributed by atoms with E-state index in [2.05, 4.69) is 0 Å². The predicted molar refractivity (Wildman–Crippen MR) is 78.6 cm³/mol. The van der Waals surface area contributed by atoms with E-state index in [1.54, 1.807) is 42.5 Å². The quantitative estimate of drug-likeness (QED) is 0.900. The summed E-state index contributed by atoms with van der Waals surface area (Å²) < 4.78 is 5.61. The molecule has 0 aliphatic carbocycles. The number of aliphatic carboxylic acids is 1. The number of hydrogen-bond donors (Lipinski definition) is 1. The zero-order valence-corrected chi connectivity index (χ0v) is 12.0. The molecule has 104 valence electrons. The molecule has 0 saturated carbocycles. The molecule has 2 aromatic rings. The first kappa shape index (κ1) is 14.7. The fourth-order valence-electron chi connectivity index (χ4n) is 1.73. The average molecular weight is 311 g/mol. The van der Waals surface area contributed by atoms with Crippen molar-refractivity contribution >= 4 is 29.2 Å². The maximum atomic E-state index is 10.7. The first-order valence-corrected chi connectivity index (χ1v) is 6.67. The highest BCUT2D eigenvalue weighted by Gasteiger charge is 2.05. The van der Waals surface area contributed by atoms with Crippen LogP contribution in [0.4, 0.5) is 0 Å². The molecule has 0 spiro atoms. The molecule has 0 aliphatic rings. The van der Waals surface area contributed by atoms with Crippen LogP contribution in [0.2, 0.25) is 10.0 Å². The number of ether oxygens (including phenoxy) is 1. The van der Waals surface area contributed by atoms with Crippen molar-refractivity contribution in [2.75, 3.05) is 0 Å². The van der Waals surface area contributed by atoms with Crippen LogP contribution in [-0.4, -0.2) is 11.1 Å². The van der Waals surface area contributed by atoms with Crippen LogP contribution < -0.4 is 4.74 Å². The molecule has 0 fully saturated rings. The Kier molecular flexibility index (Phi) is 4.88. The van der Waals surface area contributed by atoms with E-state index in [0.29, 0.717) is 21.4 Å². The summed E-state index contributed by atoms with van der Waals surface area (Å²) in [6.07, 6.45) is -0.0326. The third-order valence-corrected chi connectivity index (χ3v) is 3.26. The van der Waals surface area contributed by atoms with Gasteiger partial charge in [0.15, 0.2) is 0 Å². The minimum Gasteiger partial charge on any atom is -0.489 e. The first-order chi connectivity index (χ1) is 9.54. The van der Waals surface area contributed by atoms with Gasteiger partial charge < -0.3 is 9.84 Å². The zero-order valence-electron chi connectivity index (χ0n) is 10.5. The summed E-state index contributed by atoms with van der Waals surface area (Å²) in [5.74, 6) is -0.278. The Balaban J connectivity index is 2.07. The highest BCUT2D eigenvalue weighted by atomic mass is 35.5. The van der Waals surface area contributed by atoms with Gasteiger partial charge in [0.1, 0.15) is 12.4 Å². The number of carboxylic acid groups (broad SMARTS) is 1. The Labute approximate surface area is 126 Å². The highest BCUT2D eigenvalue weighted by Crippen LogP contribution is 2.23. The number of carbonyl (C=O) groups is 1. The van der Waals surface area contributed by atoms with Gasteiger partial charge in [-0.25, -0.2) is 0 Å². The Morgan fingerprint density at radius 2 is 1.95 bits per heavy atom. The van der Waals surface area contributed by atoms with Gasteiger partial charge >= 0.3 is 5.97 Å². The molecule has 3 nitrogen and oxygen atoms in total. The largest absolute Gasteiger partial charge is 0.489 e. The van der Waals surface area contributed by atoms with E-state index < -0.39 is 5.97 Å². The summed E-state index contributed by atoms with van der Waals surface area (Å²) in [4.78, 5) is 10.7. The lowest BCUT2D eigenvalue weighted by molar-refractivity contribution is -0.136. The van der Waals surface area contributed by atoms with E-state index in [4.69, 9.17) is 33.0 Å². The van der Waals surface area contributed by atoms with Crippen molar-refractivity contribution in [2.24, 2.45) is 0 Å². The second-order valence-electron chi connectivity index (χ2n) is 4.24. The zero-order chi connectivity index (χ0) is 14.5. The fourth-order valence-corrected chi connectivity index (χ4v) is 2.10. The number of hydrogen-bond acceptors (Lipinski definition) is 2. The lowest BCUT2D eigenvalue weighted by Gasteiger charge is -2.09. The van der Waals surface area contributed by atoms with Crippen molar-refractivity contribution in [1.29, 1.82) is 0 Å². The van der Waals surface area contributed by atoms with Crippen molar-refractivity contribution in [3.8, 4) is 5.75 Å². The molecule has 0 aromatic heterocycles. The van der Waals surface area contributed by atoms with E-state index >= 15 is 0 Å². The van der Waals surface area contributed by atoms with Crippen LogP contribution in [0.15, 0.2) is 42.5 Å². The Morgan fingerprint density at radius 3 is 2.70 bits per heavy atom. The molecule has 20 heavy (non-hydrogen) atoms. The second kappa shape index (κ2) is 6.64. The third-order valence-electron chi connectivity index (χ3n) is 2.66. The number of rotatable bonds is 5. The lowest BCUT2D eigenvalue weighted by atomic mass is 10.1. The van der Waals surface area contributed by atoms with Crippen LogP contribution in [-0.2, 0) is 17.8 Å². The molecule has 5 heteroatoms.